The molecule has 0 aromatic carbocycles. The molecule has 0 spiro atoms. The summed E-state index contributed by atoms with van der Waals surface area (Å²) >= 11 is 0. The third kappa shape index (κ3) is 3.95. The Morgan fingerprint density at radius 3 is 2.70 bits per heavy atom. The number of imidazole rings is 1. The number of aromatic nitrogens is 2. The number of rotatable bonds is 5. The normalized spacial score (nSPS) is 24.8. The number of hydrogen-bond acceptors (Lipinski definition) is 4. The molecule has 1 aromatic heterocycles. The summed E-state index contributed by atoms with van der Waals surface area (Å²) in [4.78, 5) is 9.85. The minimum Gasteiger partial charge on any atom is -0.395 e. The number of fused-ring (bicyclic) bond motifs is 1. The maximum atomic E-state index is 9.15. The molecule has 0 bridgehead atoms. The summed E-state index contributed by atoms with van der Waals surface area (Å²) in [6.45, 7) is 11.4. The molecule has 1 unspecified atom stereocenters. The van der Waals surface area contributed by atoms with Crippen molar-refractivity contribution in [2.24, 2.45) is 11.8 Å². The van der Waals surface area contributed by atoms with Crippen LogP contribution >= 0.6 is 0 Å². The fraction of sp³-hybridized carbons (Fsp3) is 0.833. The summed E-state index contributed by atoms with van der Waals surface area (Å²) in [6.07, 6.45) is 7.78. The predicted molar refractivity (Wildman–Crippen MR) is 92.2 cm³/mol. The highest BCUT2D eigenvalue weighted by Crippen LogP contribution is 2.36. The first-order valence-corrected chi connectivity index (χ1v) is 9.27. The van der Waals surface area contributed by atoms with Crippen LogP contribution in [0, 0.1) is 11.8 Å². The minimum atomic E-state index is 0.276. The van der Waals surface area contributed by atoms with Crippen molar-refractivity contribution in [1.82, 2.24) is 19.4 Å². The molecule has 130 valence electrons. The molecule has 1 saturated heterocycles. The molecule has 0 amide bonds. The van der Waals surface area contributed by atoms with Crippen LogP contribution in [0.15, 0.2) is 12.4 Å². The summed E-state index contributed by atoms with van der Waals surface area (Å²) in [5.41, 5.74) is 0. The second-order valence-electron chi connectivity index (χ2n) is 7.57. The molecule has 5 nitrogen and oxygen atoms in total. The summed E-state index contributed by atoms with van der Waals surface area (Å²) < 4.78 is 2.38. The summed E-state index contributed by atoms with van der Waals surface area (Å²) in [5.74, 6) is 2.65. The van der Waals surface area contributed by atoms with E-state index in [0.717, 1.165) is 32.7 Å². The zero-order valence-electron chi connectivity index (χ0n) is 14.7. The van der Waals surface area contributed by atoms with Crippen LogP contribution in [0.3, 0.4) is 0 Å². The predicted octanol–water partition coefficient (Wildman–Crippen LogP) is 1.99. The van der Waals surface area contributed by atoms with E-state index < -0.39 is 0 Å². The smallest absolute Gasteiger partial charge is 0.126 e. The van der Waals surface area contributed by atoms with Gasteiger partial charge in [-0.2, -0.15) is 0 Å². The van der Waals surface area contributed by atoms with Gasteiger partial charge < -0.3 is 14.6 Å². The third-order valence-corrected chi connectivity index (χ3v) is 5.34. The largest absolute Gasteiger partial charge is 0.395 e. The van der Waals surface area contributed by atoms with Crippen molar-refractivity contribution < 1.29 is 5.11 Å². The zero-order chi connectivity index (χ0) is 16.2. The van der Waals surface area contributed by atoms with Gasteiger partial charge in [-0.15, -0.1) is 0 Å². The van der Waals surface area contributed by atoms with E-state index in [1.807, 2.05) is 6.20 Å². The van der Waals surface area contributed by atoms with E-state index in [9.17, 15) is 0 Å². The average Bonchev–Trinajstić information content (AvgIpc) is 2.91. The highest BCUT2D eigenvalue weighted by Gasteiger charge is 2.35. The molecule has 23 heavy (non-hydrogen) atoms. The molecule has 0 saturated carbocycles. The number of aliphatic hydroxyl groups excluding tert-OH is 1. The van der Waals surface area contributed by atoms with E-state index >= 15 is 0 Å². The molecule has 3 rings (SSSR count). The number of nitrogens with zero attached hydrogens (tertiary/aromatic N) is 4. The molecule has 0 radical (unpaired) electrons. The first kappa shape index (κ1) is 16.9. The van der Waals surface area contributed by atoms with Crippen LogP contribution in [-0.2, 0) is 6.54 Å². The van der Waals surface area contributed by atoms with Gasteiger partial charge in [0.1, 0.15) is 5.82 Å². The monoisotopic (exact) mass is 320 g/mol. The van der Waals surface area contributed by atoms with E-state index in [1.165, 1.54) is 31.6 Å². The van der Waals surface area contributed by atoms with Crippen LogP contribution in [0.25, 0.3) is 0 Å². The SMILES string of the molecule is CC(C)CN1CCCn2ccnc2C1C1CCN(CCO)CC1. The second kappa shape index (κ2) is 7.77. The number of β-amino-alcohol motifs (C(OH)–C–C–N with tert-alkyl or cyclic N) is 1. The summed E-state index contributed by atoms with van der Waals surface area (Å²) in [6, 6.07) is 0.464. The lowest BCUT2D eigenvalue weighted by atomic mass is 9.87. The van der Waals surface area contributed by atoms with Crippen molar-refractivity contribution in [1.29, 1.82) is 0 Å². The van der Waals surface area contributed by atoms with Crippen molar-refractivity contribution >= 4 is 0 Å². The topological polar surface area (TPSA) is 44.5 Å². The van der Waals surface area contributed by atoms with Gasteiger partial charge in [-0.1, -0.05) is 13.8 Å². The first-order valence-electron chi connectivity index (χ1n) is 9.27. The van der Waals surface area contributed by atoms with Crippen LogP contribution in [0.5, 0.6) is 0 Å². The zero-order valence-corrected chi connectivity index (χ0v) is 14.7. The molecule has 1 atom stereocenters. The number of aryl methyl sites for hydroxylation is 1. The molecule has 2 aliphatic rings. The Hall–Kier alpha value is -0.910. The van der Waals surface area contributed by atoms with E-state index in [-0.39, 0.29) is 6.61 Å². The number of piperidine rings is 1. The minimum absolute atomic E-state index is 0.276. The van der Waals surface area contributed by atoms with Crippen molar-refractivity contribution in [3.8, 4) is 0 Å². The Balaban J connectivity index is 1.77. The lowest BCUT2D eigenvalue weighted by Crippen LogP contribution is -2.43. The molecular formula is C18H32N4O. The van der Waals surface area contributed by atoms with Crippen LogP contribution in [-0.4, -0.2) is 63.8 Å². The quantitative estimate of drug-likeness (QED) is 0.901. The molecule has 3 heterocycles. The Bertz CT molecular complexity index is 479. The highest BCUT2D eigenvalue weighted by molar-refractivity contribution is 5.05. The van der Waals surface area contributed by atoms with Crippen molar-refractivity contribution in [2.45, 2.75) is 45.7 Å². The Morgan fingerprint density at radius 1 is 1.22 bits per heavy atom. The van der Waals surface area contributed by atoms with Gasteiger partial charge in [-0.3, -0.25) is 4.90 Å². The molecule has 1 fully saturated rings. The second-order valence-corrected chi connectivity index (χ2v) is 7.57. The van der Waals surface area contributed by atoms with Crippen LogP contribution in [0.1, 0.15) is 45.0 Å². The Labute approximate surface area is 140 Å². The Morgan fingerprint density at radius 2 is 2.00 bits per heavy atom. The van der Waals surface area contributed by atoms with Crippen molar-refractivity contribution in [3.05, 3.63) is 18.2 Å². The number of hydrogen-bond donors (Lipinski definition) is 1. The summed E-state index contributed by atoms with van der Waals surface area (Å²) in [7, 11) is 0. The van der Waals surface area contributed by atoms with Gasteiger partial charge in [-0.05, 0) is 44.2 Å². The van der Waals surface area contributed by atoms with Gasteiger partial charge in [0, 0.05) is 38.6 Å². The number of aliphatic hydroxyl groups is 1. The van der Waals surface area contributed by atoms with Crippen LogP contribution < -0.4 is 0 Å². The van der Waals surface area contributed by atoms with E-state index in [1.54, 1.807) is 0 Å². The van der Waals surface area contributed by atoms with E-state index in [0.29, 0.717) is 17.9 Å². The average molecular weight is 320 g/mol. The maximum absolute atomic E-state index is 9.15. The van der Waals surface area contributed by atoms with Crippen LogP contribution in [0.4, 0.5) is 0 Å². The molecule has 1 N–H and O–H groups in total. The van der Waals surface area contributed by atoms with Crippen LogP contribution in [0.2, 0.25) is 0 Å². The standard InChI is InChI=1S/C18H32N4O/c1-15(2)14-22-8-3-7-21-11-6-19-18(21)17(22)16-4-9-20(10-5-16)12-13-23/h6,11,15-17,23H,3-5,7-10,12-14H2,1-2H3. The molecule has 5 heteroatoms. The van der Waals surface area contributed by atoms with Gasteiger partial charge in [0.2, 0.25) is 0 Å². The van der Waals surface area contributed by atoms with Gasteiger partial charge in [0.15, 0.2) is 0 Å². The Kier molecular flexibility index (Phi) is 5.72. The van der Waals surface area contributed by atoms with E-state index in [4.69, 9.17) is 10.1 Å². The van der Waals surface area contributed by atoms with E-state index in [2.05, 4.69) is 34.4 Å². The molecule has 2 aliphatic heterocycles. The van der Waals surface area contributed by atoms with Gasteiger partial charge in [-0.25, -0.2) is 4.98 Å². The fourth-order valence-electron chi connectivity index (χ4n) is 4.34. The lowest BCUT2D eigenvalue weighted by Gasteiger charge is -2.40. The number of likely N-dealkylation sites (tertiary alicyclic amines) is 1. The fourth-order valence-corrected chi connectivity index (χ4v) is 4.34. The maximum Gasteiger partial charge on any atom is 0.126 e. The molecule has 1 aromatic rings. The molecule has 0 aliphatic carbocycles. The van der Waals surface area contributed by atoms with Gasteiger partial charge in [0.25, 0.3) is 0 Å². The van der Waals surface area contributed by atoms with Gasteiger partial charge in [0.05, 0.1) is 12.6 Å². The van der Waals surface area contributed by atoms with Gasteiger partial charge >= 0.3 is 0 Å². The first-order chi connectivity index (χ1) is 11.2. The van der Waals surface area contributed by atoms with Crippen molar-refractivity contribution in [2.75, 3.05) is 39.3 Å². The lowest BCUT2D eigenvalue weighted by molar-refractivity contribution is 0.0703. The van der Waals surface area contributed by atoms with Crippen molar-refractivity contribution in [3.63, 3.8) is 0 Å². The molecular weight excluding hydrogens is 288 g/mol. The third-order valence-electron chi connectivity index (χ3n) is 5.34. The highest BCUT2D eigenvalue weighted by atomic mass is 16.3. The summed E-state index contributed by atoms with van der Waals surface area (Å²) in [5, 5.41) is 9.15.